The van der Waals surface area contributed by atoms with Crippen LogP contribution in [0.25, 0.3) is 0 Å². The molecule has 0 heterocycles. The summed E-state index contributed by atoms with van der Waals surface area (Å²) in [6.45, 7) is 2.36. The van der Waals surface area contributed by atoms with E-state index in [1.165, 1.54) is 32.1 Å². The quantitative estimate of drug-likeness (QED) is 0.574. The predicted octanol–water partition coefficient (Wildman–Crippen LogP) is 1.40. The minimum atomic E-state index is 0. The molecule has 0 atom stereocenters. The third kappa shape index (κ3) is 3.01. The molecule has 0 amide bonds. The Bertz CT molecular complexity index is 46.3. The second-order valence-electron chi connectivity index (χ2n) is 2.74. The first-order chi connectivity index (χ1) is 3.39. The third-order valence-electron chi connectivity index (χ3n) is 1.89. The summed E-state index contributed by atoms with van der Waals surface area (Å²) in [6.07, 6.45) is 7.44. The first-order valence-corrected chi connectivity index (χ1v) is 3.39. The maximum atomic E-state index is 2.36. The maximum absolute atomic E-state index is 2.36. The average molecular weight is 216 g/mol. The van der Waals surface area contributed by atoms with E-state index in [-0.39, 0.29) is 25.8 Å². The van der Waals surface area contributed by atoms with Crippen molar-refractivity contribution in [2.24, 2.45) is 5.92 Å². The SMILES string of the molecule is CC1CCCCC1.[InH3]. The van der Waals surface area contributed by atoms with Gasteiger partial charge in [0.15, 0.2) is 0 Å². The number of hydrogen-bond acceptors (Lipinski definition) is 0. The molecule has 0 aliphatic heterocycles. The summed E-state index contributed by atoms with van der Waals surface area (Å²) < 4.78 is 0. The molecule has 0 N–H and O–H groups in total. The van der Waals surface area contributed by atoms with E-state index in [4.69, 9.17) is 0 Å². The fourth-order valence-electron chi connectivity index (χ4n) is 1.31. The van der Waals surface area contributed by atoms with Crippen molar-refractivity contribution in [3.8, 4) is 0 Å². The van der Waals surface area contributed by atoms with Gasteiger partial charge in [0.2, 0.25) is 0 Å². The van der Waals surface area contributed by atoms with E-state index in [1.807, 2.05) is 0 Å². The van der Waals surface area contributed by atoms with Gasteiger partial charge in [-0.15, -0.1) is 0 Å². The molecule has 0 saturated heterocycles. The average Bonchev–Trinajstić information content (AvgIpc) is 1.69. The van der Waals surface area contributed by atoms with Crippen LogP contribution in [0.4, 0.5) is 0 Å². The standard InChI is InChI=1S/C7H14.In.3H/c1-7-5-3-2-4-6-7;;;;/h7H,2-6H2,1H3;;;;. The molecule has 0 unspecified atom stereocenters. The van der Waals surface area contributed by atoms with E-state index in [9.17, 15) is 0 Å². The Hall–Kier alpha value is 0.870. The molecule has 48 valence electrons. The summed E-state index contributed by atoms with van der Waals surface area (Å²) in [4.78, 5) is 0. The van der Waals surface area contributed by atoms with E-state index < -0.39 is 0 Å². The van der Waals surface area contributed by atoms with Gasteiger partial charge < -0.3 is 0 Å². The van der Waals surface area contributed by atoms with E-state index in [0.717, 1.165) is 5.92 Å². The van der Waals surface area contributed by atoms with Gasteiger partial charge in [0.05, 0.1) is 0 Å². The van der Waals surface area contributed by atoms with Gasteiger partial charge in [-0.1, -0.05) is 39.0 Å². The van der Waals surface area contributed by atoms with Crippen molar-refractivity contribution in [3.05, 3.63) is 0 Å². The summed E-state index contributed by atoms with van der Waals surface area (Å²) in [7, 11) is 0. The van der Waals surface area contributed by atoms with Crippen LogP contribution in [-0.4, -0.2) is 25.8 Å². The molecule has 1 aliphatic rings. The van der Waals surface area contributed by atoms with Gasteiger partial charge >= 0.3 is 25.8 Å². The normalized spacial score (nSPS) is 22.1. The van der Waals surface area contributed by atoms with Crippen molar-refractivity contribution in [1.29, 1.82) is 0 Å². The van der Waals surface area contributed by atoms with Gasteiger partial charge in [-0.3, -0.25) is 0 Å². The molecule has 0 spiro atoms. The Kier molecular flexibility index (Phi) is 5.23. The minimum absolute atomic E-state index is 0. The van der Waals surface area contributed by atoms with Gasteiger partial charge in [0, 0.05) is 0 Å². The van der Waals surface area contributed by atoms with Crippen LogP contribution in [0, 0.1) is 5.92 Å². The summed E-state index contributed by atoms with van der Waals surface area (Å²) in [5.41, 5.74) is 0. The Balaban J connectivity index is 0.000000490. The second kappa shape index (κ2) is 4.72. The molecule has 0 aromatic carbocycles. The van der Waals surface area contributed by atoms with E-state index in [2.05, 4.69) is 6.92 Å². The molecule has 0 nitrogen and oxygen atoms in total. The second-order valence-corrected chi connectivity index (χ2v) is 2.74. The molecule has 1 saturated carbocycles. The number of hydrogen-bond donors (Lipinski definition) is 0. The predicted molar refractivity (Wildman–Crippen MR) is 42.2 cm³/mol. The van der Waals surface area contributed by atoms with E-state index in [0.29, 0.717) is 0 Å². The molecule has 0 bridgehead atoms. The van der Waals surface area contributed by atoms with Crippen molar-refractivity contribution in [2.45, 2.75) is 39.0 Å². The topological polar surface area (TPSA) is 0 Å². The van der Waals surface area contributed by atoms with Crippen molar-refractivity contribution in [3.63, 3.8) is 0 Å². The van der Waals surface area contributed by atoms with Gasteiger partial charge in [-0.2, -0.15) is 0 Å². The molecule has 1 aliphatic carbocycles. The van der Waals surface area contributed by atoms with Crippen LogP contribution in [0.15, 0.2) is 0 Å². The van der Waals surface area contributed by atoms with Crippen LogP contribution in [0.5, 0.6) is 0 Å². The zero-order chi connectivity index (χ0) is 5.11. The monoisotopic (exact) mass is 216 g/mol. The summed E-state index contributed by atoms with van der Waals surface area (Å²) in [6, 6.07) is 0. The molecule has 0 aromatic heterocycles. The van der Waals surface area contributed by atoms with Crippen molar-refractivity contribution >= 4 is 25.8 Å². The van der Waals surface area contributed by atoms with Crippen LogP contribution >= 0.6 is 0 Å². The summed E-state index contributed by atoms with van der Waals surface area (Å²) in [5.74, 6) is 1.04. The Morgan fingerprint density at radius 2 is 1.50 bits per heavy atom. The van der Waals surface area contributed by atoms with Crippen LogP contribution in [0.2, 0.25) is 0 Å². The first-order valence-electron chi connectivity index (χ1n) is 3.39. The van der Waals surface area contributed by atoms with Gasteiger partial charge in [-0.25, -0.2) is 0 Å². The summed E-state index contributed by atoms with van der Waals surface area (Å²) in [5, 5.41) is 0. The molecule has 1 heteroatoms. The van der Waals surface area contributed by atoms with E-state index >= 15 is 0 Å². The Labute approximate surface area is 70.8 Å². The zero-order valence-electron chi connectivity index (χ0n) is 5.11. The Morgan fingerprint density at radius 1 is 1.00 bits per heavy atom. The fraction of sp³-hybridized carbons (Fsp3) is 1.00. The van der Waals surface area contributed by atoms with Crippen molar-refractivity contribution < 1.29 is 0 Å². The first kappa shape index (κ1) is 8.87. The molecule has 0 radical (unpaired) electrons. The molecular formula is C7H17In. The fourth-order valence-corrected chi connectivity index (χ4v) is 1.31. The molecule has 1 fully saturated rings. The molecule has 8 heavy (non-hydrogen) atoms. The van der Waals surface area contributed by atoms with Crippen LogP contribution in [-0.2, 0) is 0 Å². The van der Waals surface area contributed by atoms with Gasteiger partial charge in [-0.05, 0) is 5.92 Å². The molecule has 0 aromatic rings. The third-order valence-corrected chi connectivity index (χ3v) is 1.89. The zero-order valence-corrected chi connectivity index (χ0v) is 5.11. The number of rotatable bonds is 0. The van der Waals surface area contributed by atoms with Crippen molar-refractivity contribution in [2.75, 3.05) is 0 Å². The molecule has 1 rings (SSSR count). The Morgan fingerprint density at radius 3 is 1.75 bits per heavy atom. The summed E-state index contributed by atoms with van der Waals surface area (Å²) >= 11 is 0. The van der Waals surface area contributed by atoms with Gasteiger partial charge in [0.25, 0.3) is 0 Å². The van der Waals surface area contributed by atoms with Crippen LogP contribution in [0.3, 0.4) is 0 Å². The molecular weight excluding hydrogens is 199 g/mol. The van der Waals surface area contributed by atoms with Crippen molar-refractivity contribution in [1.82, 2.24) is 0 Å². The van der Waals surface area contributed by atoms with E-state index in [1.54, 1.807) is 0 Å². The van der Waals surface area contributed by atoms with Crippen LogP contribution < -0.4 is 0 Å². The van der Waals surface area contributed by atoms with Crippen LogP contribution in [0.1, 0.15) is 39.0 Å². The van der Waals surface area contributed by atoms with Gasteiger partial charge in [0.1, 0.15) is 0 Å².